The van der Waals surface area contributed by atoms with E-state index in [0.717, 1.165) is 0 Å². The summed E-state index contributed by atoms with van der Waals surface area (Å²) < 4.78 is 13.0. The van der Waals surface area contributed by atoms with Crippen LogP contribution >= 0.6 is 34.0 Å². The summed E-state index contributed by atoms with van der Waals surface area (Å²) in [6.07, 6.45) is 0. The van der Waals surface area contributed by atoms with Crippen LogP contribution in [0.15, 0.2) is 479 Å². The Balaban J connectivity index is 0.000000108. The SMILES string of the molecule is CC(C)(C)c1ccc2c(c1)c1cc(C(C)(C)C)ccc1n2-c1cccc2sc3cccc(B4c5ccccc5B(c5ccccc5)c5ccccc54)c3c12.CC1(C)c2ccccc2N(c2cccc3sc4cccc(B5c6ccccc6B(c6ccccc6)c6ccccc65)c4c23)c2ccccc21.c1ccc(B2c3ccccc3B(c3cccc4sc5cccc(-n6c7ccccc7c7ccccc76)c5c34)c3ccccc32)cc1. The van der Waals surface area contributed by atoms with Crippen molar-refractivity contribution in [1.29, 1.82) is 0 Å². The van der Waals surface area contributed by atoms with Crippen molar-refractivity contribution in [3.63, 3.8) is 0 Å². The molecule has 0 radical (unpaired) electrons. The second-order valence-corrected chi connectivity index (χ2v) is 46.9. The summed E-state index contributed by atoms with van der Waals surface area (Å²) in [5, 5.41) is 13.3. The number of aromatic nitrogens is 2. The van der Waals surface area contributed by atoms with Gasteiger partial charge in [-0.15, -0.1) is 34.0 Å². The van der Waals surface area contributed by atoms with Crippen molar-refractivity contribution in [2.24, 2.45) is 0 Å². The third-order valence-electron chi connectivity index (χ3n) is 33.1. The molecule has 21 aromatic carbocycles. The van der Waals surface area contributed by atoms with Gasteiger partial charge in [0.2, 0.25) is 40.3 Å². The minimum absolute atomic E-state index is 0.0504. The normalized spacial score (nSPS) is 13.5. The molecule has 12 heteroatoms. The average Bonchev–Trinajstić information content (AvgIpc) is 1.68. The van der Waals surface area contributed by atoms with Gasteiger partial charge in [0.15, 0.2) is 0 Å². The Morgan fingerprint density at radius 1 is 0.188 bits per heavy atom. The first-order valence-corrected chi connectivity index (χ1v) is 55.1. The highest BCUT2D eigenvalue weighted by atomic mass is 32.1. The zero-order valence-corrected chi connectivity index (χ0v) is 87.1. The number of thiophene rings is 3. The molecule has 4 aliphatic heterocycles. The Labute approximate surface area is 885 Å². The minimum Gasteiger partial charge on any atom is -0.309 e. The molecule has 0 spiro atoms. The summed E-state index contributed by atoms with van der Waals surface area (Å²) in [7, 11) is 0. The monoisotopic (exact) mass is 1950 g/mol. The van der Waals surface area contributed by atoms with E-state index < -0.39 is 0 Å². The van der Waals surface area contributed by atoms with Gasteiger partial charge in [0.1, 0.15) is 0 Å². The molecule has 0 amide bonds. The van der Waals surface area contributed by atoms with Gasteiger partial charge in [-0.2, -0.15) is 0 Å². The lowest BCUT2D eigenvalue weighted by molar-refractivity contribution is 0.590. The van der Waals surface area contributed by atoms with Gasteiger partial charge in [0, 0.05) is 71.3 Å². The fourth-order valence-corrected chi connectivity index (χ4v) is 30.0. The Morgan fingerprint density at radius 3 is 0.725 bits per heavy atom. The third-order valence-corrected chi connectivity index (χ3v) is 36.4. The summed E-state index contributed by atoms with van der Waals surface area (Å²) in [6.45, 7) is 19.6. The molecule has 30 rings (SSSR count). The second kappa shape index (κ2) is 35.7. The number of fused-ring (bicyclic) bond motifs is 23. The lowest BCUT2D eigenvalue weighted by atomic mass is 9.21. The van der Waals surface area contributed by atoms with Crippen molar-refractivity contribution in [2.75, 3.05) is 4.90 Å². The molecule has 0 saturated carbocycles. The Bertz CT molecular complexity index is 9570. The van der Waals surface area contributed by atoms with Crippen molar-refractivity contribution in [2.45, 2.75) is 71.6 Å². The van der Waals surface area contributed by atoms with Gasteiger partial charge in [0.25, 0.3) is 0 Å². The van der Waals surface area contributed by atoms with Crippen LogP contribution in [0.5, 0.6) is 0 Å². The molecule has 702 valence electrons. The predicted octanol–water partition coefficient (Wildman–Crippen LogP) is 23.1. The van der Waals surface area contributed by atoms with Crippen LogP contribution in [0.1, 0.15) is 77.6 Å². The summed E-state index contributed by atoms with van der Waals surface area (Å²) in [5.74, 6) is 0. The first-order valence-electron chi connectivity index (χ1n) is 52.6. The zero-order valence-electron chi connectivity index (χ0n) is 84.6. The van der Waals surface area contributed by atoms with Crippen molar-refractivity contribution in [3.8, 4) is 11.4 Å². The van der Waals surface area contributed by atoms with Crippen molar-refractivity contribution < 1.29 is 0 Å². The Kier molecular flexibility index (Phi) is 21.7. The number of nitrogens with zero attached hydrogens (tertiary/aromatic N) is 3. The number of benzene rings is 21. The van der Waals surface area contributed by atoms with Crippen LogP contribution in [-0.4, -0.2) is 49.4 Å². The maximum atomic E-state index is 2.56. The van der Waals surface area contributed by atoms with E-state index in [1.54, 1.807) is 0 Å². The second-order valence-electron chi connectivity index (χ2n) is 43.7. The molecule has 4 aliphatic rings. The highest BCUT2D eigenvalue weighted by Crippen LogP contribution is 2.55. The van der Waals surface area contributed by atoms with Crippen LogP contribution in [0, 0.1) is 0 Å². The summed E-state index contributed by atoms with van der Waals surface area (Å²) in [4.78, 5) is 2.54. The lowest BCUT2D eigenvalue weighted by Gasteiger charge is -2.42. The fraction of sp³-hybridized carbons (Fsp3) is 0.0803. The van der Waals surface area contributed by atoms with Crippen molar-refractivity contribution >= 4 is 294 Å². The van der Waals surface area contributed by atoms with Gasteiger partial charge in [0.05, 0.1) is 50.5 Å². The molecule has 3 nitrogen and oxygen atoms in total. The van der Waals surface area contributed by atoms with Gasteiger partial charge in [-0.05, 0) is 152 Å². The van der Waals surface area contributed by atoms with Crippen LogP contribution < -0.4 is 103 Å². The molecule has 5 aromatic heterocycles. The highest BCUT2D eigenvalue weighted by Gasteiger charge is 2.45. The van der Waals surface area contributed by atoms with Crippen molar-refractivity contribution in [3.05, 3.63) is 501 Å². The smallest absolute Gasteiger partial charge is 0.240 e. The number of para-hydroxylation sites is 4. The molecule has 0 N–H and O–H groups in total. The lowest BCUT2D eigenvalue weighted by Crippen LogP contribution is -2.74. The topological polar surface area (TPSA) is 13.1 Å². The Hall–Kier alpha value is -15.9. The molecule has 9 heterocycles. The number of hydrogen-bond acceptors (Lipinski definition) is 4. The molecule has 0 fully saturated rings. The number of hydrogen-bond donors (Lipinski definition) is 0. The van der Waals surface area contributed by atoms with E-state index in [0.29, 0.717) is 0 Å². The molecule has 26 aromatic rings. The maximum absolute atomic E-state index is 2.56. The molecule has 0 saturated heterocycles. The number of anilines is 3. The molecule has 149 heavy (non-hydrogen) atoms. The van der Waals surface area contributed by atoms with Gasteiger partial charge < -0.3 is 14.0 Å². The van der Waals surface area contributed by atoms with Crippen molar-refractivity contribution in [1.82, 2.24) is 9.13 Å². The first-order chi connectivity index (χ1) is 73.1. The summed E-state index contributed by atoms with van der Waals surface area (Å²) >= 11 is 5.74. The van der Waals surface area contributed by atoms with E-state index in [1.165, 1.54) is 253 Å². The van der Waals surface area contributed by atoms with Crippen LogP contribution in [0.25, 0.3) is 116 Å². The molecular weight excluding hydrogens is 1850 g/mol. The zero-order chi connectivity index (χ0) is 99.8. The molecule has 0 atom stereocenters. The van der Waals surface area contributed by atoms with Gasteiger partial charge >= 0.3 is 0 Å². The maximum Gasteiger partial charge on any atom is 0.240 e. The summed E-state index contributed by atoms with van der Waals surface area (Å²) in [5.41, 5.74) is 41.6. The molecule has 0 aliphatic carbocycles. The van der Waals surface area contributed by atoms with E-state index in [2.05, 4.69) is 549 Å². The van der Waals surface area contributed by atoms with Crippen LogP contribution in [0.4, 0.5) is 17.1 Å². The van der Waals surface area contributed by atoms with Crippen LogP contribution in [0.3, 0.4) is 0 Å². The van der Waals surface area contributed by atoms with E-state index >= 15 is 0 Å². The Morgan fingerprint density at radius 2 is 0.416 bits per heavy atom. The van der Waals surface area contributed by atoms with Gasteiger partial charge in [-0.25, -0.2) is 0 Å². The fourth-order valence-electron chi connectivity index (χ4n) is 26.5. The van der Waals surface area contributed by atoms with E-state index in [-0.39, 0.29) is 56.5 Å². The average molecular weight is 1950 g/mol. The van der Waals surface area contributed by atoms with Crippen LogP contribution in [-0.2, 0) is 16.2 Å². The van der Waals surface area contributed by atoms with E-state index in [9.17, 15) is 0 Å². The molecule has 0 unspecified atom stereocenters. The van der Waals surface area contributed by atoms with E-state index in [4.69, 9.17) is 0 Å². The largest absolute Gasteiger partial charge is 0.309 e. The first kappa shape index (κ1) is 90.6. The summed E-state index contributed by atoms with van der Waals surface area (Å²) in [6, 6.07) is 180. The van der Waals surface area contributed by atoms with Crippen LogP contribution in [0.2, 0.25) is 0 Å². The predicted molar refractivity (Wildman–Crippen MR) is 657 cm³/mol. The number of rotatable bonds is 9. The van der Waals surface area contributed by atoms with Gasteiger partial charge in [-0.3, -0.25) is 0 Å². The molecule has 0 bridgehead atoms. The van der Waals surface area contributed by atoms with Gasteiger partial charge in [-0.1, -0.05) is 530 Å². The minimum atomic E-state index is -0.107. The highest BCUT2D eigenvalue weighted by molar-refractivity contribution is 7.28. The quantitative estimate of drug-likeness (QED) is 0.131. The third kappa shape index (κ3) is 14.5. The molecular formula is C137H103B6N3S3. The van der Waals surface area contributed by atoms with E-state index in [1.807, 2.05) is 34.0 Å². The standard InChI is InChI=1S/C50H43B2NS.C45H33B2NS.C42H27B2NS/c1-49(2,3)32-26-28-42-35(30-32)36-31-33(50(4,5)6)27-29-43(36)53(42)44-23-15-25-46-48(44)47-41(22-14-24-45(47)54-46)52-39-20-12-10-18-37(39)51(34-16-8-7-9-17-34)38-19-11-13-21-40(38)52;1-45(2)31-18-6-12-25-38(31)48(39-26-13-7-19-32(39)45)40-27-15-29-42-44(40)43-37(24-14-28-41(43)49-42)47-35-22-10-8-20-33(35)46(30-16-4-3-5-17-30)34-21-9-11-23-36(34)47;1-2-14-28(15-3-1)43-31-18-6-8-20-33(31)44(34-21-9-7-19-32(34)43)35-22-12-26-39-41(35)42-38(25-13-27-40(42)46-39)45-36-23-10-4-16-29(36)30-17-5-11-24-37(30)45/h7-31H,1-6H3;3-29H,1-2H3;1-27H.